The minimum Gasteiger partial charge on any atom is -0.273 e. The standard InChI is InChI=1S/C3H4N2O.CH4/c6-3-1-2-4-5-3;/h2H,1H2,(H,5,6);1H4. The lowest BCUT2D eigenvalue weighted by Crippen LogP contribution is -2.08. The van der Waals surface area contributed by atoms with Crippen LogP contribution in [0.15, 0.2) is 5.10 Å². The molecule has 7 heavy (non-hydrogen) atoms. The van der Waals surface area contributed by atoms with Crippen LogP contribution in [0.5, 0.6) is 0 Å². The van der Waals surface area contributed by atoms with Crippen molar-refractivity contribution in [2.75, 3.05) is 0 Å². The predicted octanol–water partition coefficient (Wildman–Crippen LogP) is 0.128. The monoisotopic (exact) mass is 100 g/mol. The van der Waals surface area contributed by atoms with Crippen molar-refractivity contribution in [2.24, 2.45) is 5.10 Å². The topological polar surface area (TPSA) is 41.5 Å². The van der Waals surface area contributed by atoms with Gasteiger partial charge in [-0.2, -0.15) is 5.10 Å². The fraction of sp³-hybridized carbons (Fsp3) is 0.500. The van der Waals surface area contributed by atoms with E-state index in [-0.39, 0.29) is 13.3 Å². The molecule has 0 bridgehead atoms. The van der Waals surface area contributed by atoms with Crippen molar-refractivity contribution in [3.63, 3.8) is 0 Å². The largest absolute Gasteiger partial charge is 0.273 e. The zero-order chi connectivity index (χ0) is 4.41. The molecule has 1 aliphatic heterocycles. The Morgan fingerprint density at radius 3 is 2.71 bits per heavy atom. The summed E-state index contributed by atoms with van der Waals surface area (Å²) >= 11 is 0. The van der Waals surface area contributed by atoms with E-state index in [1.165, 1.54) is 0 Å². The Kier molecular flexibility index (Phi) is 2.05. The summed E-state index contributed by atoms with van der Waals surface area (Å²) in [6.45, 7) is 0. The van der Waals surface area contributed by atoms with Crippen LogP contribution in [0.25, 0.3) is 0 Å². The van der Waals surface area contributed by atoms with Crippen LogP contribution in [0.4, 0.5) is 0 Å². The summed E-state index contributed by atoms with van der Waals surface area (Å²) in [7, 11) is 0. The third-order valence-corrected chi connectivity index (χ3v) is 0.557. The Bertz CT molecular complexity index is 87.9. The average molecular weight is 100 g/mol. The molecule has 0 aliphatic carbocycles. The van der Waals surface area contributed by atoms with Crippen LogP contribution in [0, 0.1) is 0 Å². The van der Waals surface area contributed by atoms with Crippen LogP contribution < -0.4 is 5.43 Å². The minimum atomic E-state index is -0.0185. The highest BCUT2D eigenvalue weighted by Gasteiger charge is 1.99. The molecule has 1 aliphatic rings. The molecule has 0 aromatic heterocycles. The number of hydrazone groups is 1. The second kappa shape index (κ2) is 2.34. The third kappa shape index (κ3) is 1.34. The summed E-state index contributed by atoms with van der Waals surface area (Å²) in [5.41, 5.74) is 2.25. The zero-order valence-corrected chi connectivity index (χ0v) is 3.14. The maximum absolute atomic E-state index is 10.0. The molecule has 0 spiro atoms. The van der Waals surface area contributed by atoms with E-state index in [1.54, 1.807) is 6.21 Å². The van der Waals surface area contributed by atoms with E-state index >= 15 is 0 Å². The highest BCUT2D eigenvalue weighted by molar-refractivity contribution is 5.93. The number of nitrogens with zero attached hydrogens (tertiary/aromatic N) is 1. The third-order valence-electron chi connectivity index (χ3n) is 0.557. The Morgan fingerprint density at radius 2 is 2.57 bits per heavy atom. The zero-order valence-electron chi connectivity index (χ0n) is 3.14. The summed E-state index contributed by atoms with van der Waals surface area (Å²) in [5, 5.41) is 3.44. The molecular formula is C4H8N2O. The van der Waals surface area contributed by atoms with Crippen LogP contribution in [0.2, 0.25) is 0 Å². The van der Waals surface area contributed by atoms with Crippen molar-refractivity contribution < 1.29 is 4.79 Å². The summed E-state index contributed by atoms with van der Waals surface area (Å²) < 4.78 is 0. The molecule has 1 rings (SSSR count). The van der Waals surface area contributed by atoms with Crippen molar-refractivity contribution in [1.29, 1.82) is 0 Å². The Morgan fingerprint density at radius 1 is 1.86 bits per heavy atom. The Balaban J connectivity index is 0.000000360. The first-order valence-electron chi connectivity index (χ1n) is 1.70. The normalized spacial score (nSPS) is 15.7. The molecular weight excluding hydrogens is 92.1 g/mol. The number of hydrogen-bond donors (Lipinski definition) is 1. The van der Waals surface area contributed by atoms with Crippen molar-refractivity contribution in [3.8, 4) is 0 Å². The lowest BCUT2D eigenvalue weighted by atomic mass is 10.5. The first kappa shape index (κ1) is 6.14. The molecule has 0 fully saturated rings. The van der Waals surface area contributed by atoms with E-state index in [0.29, 0.717) is 6.42 Å². The minimum absolute atomic E-state index is 0. The van der Waals surface area contributed by atoms with Crippen molar-refractivity contribution in [1.82, 2.24) is 5.43 Å². The molecule has 3 nitrogen and oxygen atoms in total. The second-order valence-corrected chi connectivity index (χ2v) is 1.05. The molecule has 3 heteroatoms. The van der Waals surface area contributed by atoms with Gasteiger partial charge in [0.2, 0.25) is 5.91 Å². The van der Waals surface area contributed by atoms with Gasteiger partial charge in [0.25, 0.3) is 0 Å². The molecule has 0 saturated heterocycles. The van der Waals surface area contributed by atoms with Gasteiger partial charge in [-0.15, -0.1) is 0 Å². The van der Waals surface area contributed by atoms with Gasteiger partial charge in [0.05, 0.1) is 6.42 Å². The number of carbonyl (C=O) groups is 1. The van der Waals surface area contributed by atoms with Crippen LogP contribution >= 0.6 is 0 Å². The molecule has 0 aromatic carbocycles. The average Bonchev–Trinajstić information content (AvgIpc) is 1.86. The molecule has 1 heterocycles. The fourth-order valence-corrected chi connectivity index (χ4v) is 0.292. The molecule has 0 saturated carbocycles. The predicted molar refractivity (Wildman–Crippen MR) is 28.0 cm³/mol. The highest BCUT2D eigenvalue weighted by Crippen LogP contribution is 1.79. The van der Waals surface area contributed by atoms with Gasteiger partial charge in [0, 0.05) is 6.21 Å². The van der Waals surface area contributed by atoms with Gasteiger partial charge < -0.3 is 0 Å². The smallest absolute Gasteiger partial charge is 0.245 e. The van der Waals surface area contributed by atoms with E-state index in [0.717, 1.165) is 0 Å². The van der Waals surface area contributed by atoms with Gasteiger partial charge in [0.15, 0.2) is 0 Å². The lowest BCUT2D eigenvalue weighted by Gasteiger charge is -1.77. The summed E-state index contributed by atoms with van der Waals surface area (Å²) in [6.07, 6.45) is 1.99. The summed E-state index contributed by atoms with van der Waals surface area (Å²) in [6, 6.07) is 0. The maximum atomic E-state index is 10.0. The molecule has 1 N–H and O–H groups in total. The van der Waals surface area contributed by atoms with Gasteiger partial charge >= 0.3 is 0 Å². The van der Waals surface area contributed by atoms with Gasteiger partial charge in [-0.25, -0.2) is 5.43 Å². The van der Waals surface area contributed by atoms with E-state index in [1.807, 2.05) is 0 Å². The fourth-order valence-electron chi connectivity index (χ4n) is 0.292. The van der Waals surface area contributed by atoms with Gasteiger partial charge in [0.1, 0.15) is 0 Å². The SMILES string of the molecule is C.O=C1CC=NN1. The van der Waals surface area contributed by atoms with Gasteiger partial charge in [-0.05, 0) is 0 Å². The van der Waals surface area contributed by atoms with Crippen LogP contribution in [0.1, 0.15) is 13.8 Å². The molecule has 0 unspecified atom stereocenters. The molecule has 0 radical (unpaired) electrons. The number of amides is 1. The Labute approximate surface area is 42.4 Å². The summed E-state index contributed by atoms with van der Waals surface area (Å²) in [4.78, 5) is 10.0. The van der Waals surface area contributed by atoms with E-state index in [4.69, 9.17) is 0 Å². The quantitative estimate of drug-likeness (QED) is 0.461. The molecule has 40 valence electrons. The van der Waals surface area contributed by atoms with E-state index in [2.05, 4.69) is 10.5 Å². The second-order valence-electron chi connectivity index (χ2n) is 1.05. The first-order valence-corrected chi connectivity index (χ1v) is 1.70. The summed E-state index contributed by atoms with van der Waals surface area (Å²) in [5.74, 6) is -0.0185. The lowest BCUT2D eigenvalue weighted by molar-refractivity contribution is -0.119. The van der Waals surface area contributed by atoms with Crippen LogP contribution in [0.3, 0.4) is 0 Å². The maximum Gasteiger partial charge on any atom is 0.245 e. The number of rotatable bonds is 0. The van der Waals surface area contributed by atoms with Gasteiger partial charge in [-0.1, -0.05) is 7.43 Å². The number of carbonyl (C=O) groups excluding carboxylic acids is 1. The molecule has 0 atom stereocenters. The Hall–Kier alpha value is -0.860. The first-order chi connectivity index (χ1) is 2.89. The highest BCUT2D eigenvalue weighted by atomic mass is 16.2. The van der Waals surface area contributed by atoms with E-state index < -0.39 is 0 Å². The van der Waals surface area contributed by atoms with E-state index in [9.17, 15) is 4.79 Å². The van der Waals surface area contributed by atoms with Crippen molar-refractivity contribution in [2.45, 2.75) is 13.8 Å². The number of hydrogen-bond acceptors (Lipinski definition) is 2. The van der Waals surface area contributed by atoms with Gasteiger partial charge in [-0.3, -0.25) is 4.79 Å². The van der Waals surface area contributed by atoms with Crippen LogP contribution in [-0.4, -0.2) is 12.1 Å². The van der Waals surface area contributed by atoms with Crippen molar-refractivity contribution >= 4 is 12.1 Å². The molecule has 1 amide bonds. The molecule has 0 aromatic rings. The van der Waals surface area contributed by atoms with Crippen molar-refractivity contribution in [3.05, 3.63) is 0 Å². The number of nitrogens with one attached hydrogen (secondary N) is 1. The van der Waals surface area contributed by atoms with Crippen LogP contribution in [-0.2, 0) is 4.79 Å².